The molecule has 0 unspecified atom stereocenters. The first-order valence-electron chi connectivity index (χ1n) is 3.37. The largest absolute Gasteiger partial charge is 0.360 e. The predicted molar refractivity (Wildman–Crippen MR) is 43.4 cm³/mol. The molecule has 3 nitrogen and oxygen atoms in total. The predicted octanol–water partition coefficient (Wildman–Crippen LogP) is 1.67. The van der Waals surface area contributed by atoms with E-state index in [0.29, 0.717) is 0 Å². The Morgan fingerprint density at radius 2 is 2.40 bits per heavy atom. The van der Waals surface area contributed by atoms with E-state index in [1.165, 1.54) is 11.5 Å². The second-order valence-electron chi connectivity index (χ2n) is 2.07. The summed E-state index contributed by atoms with van der Waals surface area (Å²) in [6.45, 7) is 5.00. The second-order valence-corrected chi connectivity index (χ2v) is 2.83. The highest BCUT2D eigenvalue weighted by molar-refractivity contribution is 7.09. The van der Waals surface area contributed by atoms with Crippen molar-refractivity contribution in [3.05, 3.63) is 5.82 Å². The third kappa shape index (κ3) is 1.95. The van der Waals surface area contributed by atoms with Crippen LogP contribution in [0.15, 0.2) is 0 Å². The maximum absolute atomic E-state index is 4.14. The van der Waals surface area contributed by atoms with Gasteiger partial charge in [-0.2, -0.15) is 4.37 Å². The fraction of sp³-hybridized carbons (Fsp3) is 0.667. The van der Waals surface area contributed by atoms with Crippen LogP contribution in [0.5, 0.6) is 0 Å². The Hall–Kier alpha value is -0.640. The van der Waals surface area contributed by atoms with Crippen LogP contribution in [0.1, 0.15) is 19.2 Å². The molecule has 1 aromatic heterocycles. The van der Waals surface area contributed by atoms with Crippen molar-refractivity contribution in [2.45, 2.75) is 20.3 Å². The molecule has 0 amide bonds. The van der Waals surface area contributed by atoms with E-state index in [1.807, 2.05) is 6.92 Å². The Morgan fingerprint density at radius 1 is 1.60 bits per heavy atom. The van der Waals surface area contributed by atoms with Gasteiger partial charge in [0.25, 0.3) is 0 Å². The van der Waals surface area contributed by atoms with Gasteiger partial charge in [-0.15, -0.1) is 0 Å². The average molecular weight is 157 g/mol. The summed E-state index contributed by atoms with van der Waals surface area (Å²) in [5, 5.41) is 4.09. The molecule has 0 bridgehead atoms. The molecule has 56 valence electrons. The van der Waals surface area contributed by atoms with E-state index in [4.69, 9.17) is 0 Å². The number of hydrogen-bond donors (Lipinski definition) is 1. The smallest absolute Gasteiger partial charge is 0.202 e. The van der Waals surface area contributed by atoms with Gasteiger partial charge in [0.1, 0.15) is 5.82 Å². The maximum atomic E-state index is 4.14. The molecule has 1 N–H and O–H groups in total. The molecular formula is C6H11N3S. The molecule has 0 aliphatic carbocycles. The lowest BCUT2D eigenvalue weighted by Gasteiger charge is -1.94. The number of anilines is 1. The van der Waals surface area contributed by atoms with Gasteiger partial charge in [-0.25, -0.2) is 4.98 Å². The number of aromatic nitrogens is 2. The monoisotopic (exact) mass is 157 g/mol. The Kier molecular flexibility index (Phi) is 2.62. The fourth-order valence-corrected chi connectivity index (χ4v) is 1.20. The van der Waals surface area contributed by atoms with Gasteiger partial charge in [-0.3, -0.25) is 0 Å². The standard InChI is InChI=1S/C6H11N3S/c1-3-4-7-6-8-5(2)9-10-6/h3-4H2,1-2H3,(H,7,8,9). The lowest BCUT2D eigenvalue weighted by atomic mass is 10.5. The summed E-state index contributed by atoms with van der Waals surface area (Å²) in [4.78, 5) is 4.14. The third-order valence-corrected chi connectivity index (χ3v) is 1.82. The lowest BCUT2D eigenvalue weighted by Crippen LogP contribution is -1.98. The Balaban J connectivity index is 2.42. The van der Waals surface area contributed by atoms with Gasteiger partial charge in [0, 0.05) is 18.1 Å². The molecule has 0 saturated carbocycles. The van der Waals surface area contributed by atoms with Crippen molar-refractivity contribution in [1.82, 2.24) is 9.36 Å². The molecule has 0 atom stereocenters. The van der Waals surface area contributed by atoms with Crippen molar-refractivity contribution in [2.24, 2.45) is 0 Å². The number of rotatable bonds is 3. The van der Waals surface area contributed by atoms with Crippen LogP contribution in [0.25, 0.3) is 0 Å². The zero-order chi connectivity index (χ0) is 7.40. The number of nitrogens with one attached hydrogen (secondary N) is 1. The van der Waals surface area contributed by atoms with Crippen molar-refractivity contribution in [3.8, 4) is 0 Å². The lowest BCUT2D eigenvalue weighted by molar-refractivity contribution is 0.973. The van der Waals surface area contributed by atoms with Crippen LogP contribution < -0.4 is 5.32 Å². The molecule has 1 aromatic rings. The minimum absolute atomic E-state index is 0.851. The molecule has 0 spiro atoms. The van der Waals surface area contributed by atoms with E-state index in [9.17, 15) is 0 Å². The number of hydrogen-bond acceptors (Lipinski definition) is 4. The van der Waals surface area contributed by atoms with E-state index in [1.54, 1.807) is 0 Å². The van der Waals surface area contributed by atoms with Crippen LogP contribution in [-0.2, 0) is 0 Å². The van der Waals surface area contributed by atoms with Crippen LogP contribution >= 0.6 is 11.5 Å². The van der Waals surface area contributed by atoms with E-state index < -0.39 is 0 Å². The molecule has 0 radical (unpaired) electrons. The highest BCUT2D eigenvalue weighted by Crippen LogP contribution is 2.09. The van der Waals surface area contributed by atoms with Crippen molar-refractivity contribution < 1.29 is 0 Å². The van der Waals surface area contributed by atoms with Gasteiger partial charge in [0.2, 0.25) is 5.13 Å². The fourth-order valence-electron chi connectivity index (χ4n) is 0.601. The minimum atomic E-state index is 0.851. The highest BCUT2D eigenvalue weighted by atomic mass is 32.1. The van der Waals surface area contributed by atoms with E-state index in [2.05, 4.69) is 21.6 Å². The molecule has 1 rings (SSSR count). The topological polar surface area (TPSA) is 37.8 Å². The molecule has 0 aliphatic rings. The molecule has 0 aliphatic heterocycles. The van der Waals surface area contributed by atoms with Gasteiger partial charge in [0.05, 0.1) is 0 Å². The summed E-state index contributed by atoms with van der Waals surface area (Å²) in [7, 11) is 0. The second kappa shape index (κ2) is 3.51. The van der Waals surface area contributed by atoms with Crippen molar-refractivity contribution >= 4 is 16.7 Å². The van der Waals surface area contributed by atoms with Gasteiger partial charge >= 0.3 is 0 Å². The SMILES string of the molecule is CCCNc1nc(C)ns1. The number of aryl methyl sites for hydroxylation is 1. The first-order valence-corrected chi connectivity index (χ1v) is 4.14. The van der Waals surface area contributed by atoms with E-state index in [0.717, 1.165) is 23.9 Å². The van der Waals surface area contributed by atoms with Crippen molar-refractivity contribution in [1.29, 1.82) is 0 Å². The van der Waals surface area contributed by atoms with Crippen molar-refractivity contribution in [3.63, 3.8) is 0 Å². The first-order chi connectivity index (χ1) is 4.83. The summed E-state index contributed by atoms with van der Waals surface area (Å²) in [5.74, 6) is 0.851. The Labute approximate surface area is 64.7 Å². The quantitative estimate of drug-likeness (QED) is 0.725. The molecule has 0 aromatic carbocycles. The van der Waals surface area contributed by atoms with Crippen LogP contribution in [0, 0.1) is 6.92 Å². The minimum Gasteiger partial charge on any atom is -0.360 e. The summed E-state index contributed by atoms with van der Waals surface area (Å²) >= 11 is 1.42. The molecule has 0 saturated heterocycles. The zero-order valence-electron chi connectivity index (χ0n) is 6.22. The van der Waals surface area contributed by atoms with Gasteiger partial charge in [-0.1, -0.05) is 6.92 Å². The first kappa shape index (κ1) is 7.47. The summed E-state index contributed by atoms with van der Waals surface area (Å²) in [5.41, 5.74) is 0. The van der Waals surface area contributed by atoms with E-state index >= 15 is 0 Å². The van der Waals surface area contributed by atoms with Crippen LogP contribution in [0.4, 0.5) is 5.13 Å². The molecule has 1 heterocycles. The average Bonchev–Trinajstić information content (AvgIpc) is 2.31. The Bertz CT molecular complexity index is 197. The van der Waals surface area contributed by atoms with Crippen LogP contribution in [0.3, 0.4) is 0 Å². The normalized spacial score (nSPS) is 9.80. The summed E-state index contributed by atoms with van der Waals surface area (Å²) in [6.07, 6.45) is 1.12. The summed E-state index contributed by atoms with van der Waals surface area (Å²) < 4.78 is 4.04. The molecule has 4 heteroatoms. The summed E-state index contributed by atoms with van der Waals surface area (Å²) in [6, 6.07) is 0. The zero-order valence-corrected chi connectivity index (χ0v) is 7.03. The van der Waals surface area contributed by atoms with Crippen LogP contribution in [0.2, 0.25) is 0 Å². The van der Waals surface area contributed by atoms with Crippen LogP contribution in [-0.4, -0.2) is 15.9 Å². The van der Waals surface area contributed by atoms with Gasteiger partial charge in [-0.05, 0) is 13.3 Å². The highest BCUT2D eigenvalue weighted by Gasteiger charge is 1.95. The number of nitrogens with zero attached hydrogens (tertiary/aromatic N) is 2. The van der Waals surface area contributed by atoms with E-state index in [-0.39, 0.29) is 0 Å². The maximum Gasteiger partial charge on any atom is 0.202 e. The van der Waals surface area contributed by atoms with Gasteiger partial charge < -0.3 is 5.32 Å². The molecule has 0 fully saturated rings. The third-order valence-electron chi connectivity index (χ3n) is 1.05. The molecular weight excluding hydrogens is 146 g/mol. The Morgan fingerprint density at radius 3 is 2.90 bits per heavy atom. The molecule has 10 heavy (non-hydrogen) atoms. The van der Waals surface area contributed by atoms with Gasteiger partial charge in [0.15, 0.2) is 0 Å². The van der Waals surface area contributed by atoms with Crippen molar-refractivity contribution in [2.75, 3.05) is 11.9 Å².